The Kier molecular flexibility index (Phi) is 6.96. The second-order valence-corrected chi connectivity index (χ2v) is 8.34. The van der Waals surface area contributed by atoms with Gasteiger partial charge in [0.2, 0.25) is 5.91 Å². The molecule has 2 heterocycles. The van der Waals surface area contributed by atoms with Crippen molar-refractivity contribution in [3.05, 3.63) is 0 Å². The van der Waals surface area contributed by atoms with Crippen molar-refractivity contribution in [3.63, 3.8) is 0 Å². The standard InChI is InChI=1S/C20H36N2O2/c21-19(14-16-6-2-1-3-7-16)20(23)22-11-5-4-8-18(15-22)17-9-12-24-13-10-17/h16-19H,1-15,21H2. The van der Waals surface area contributed by atoms with E-state index >= 15 is 0 Å². The van der Waals surface area contributed by atoms with Gasteiger partial charge in [0.25, 0.3) is 0 Å². The summed E-state index contributed by atoms with van der Waals surface area (Å²) in [5, 5.41) is 0. The molecule has 3 fully saturated rings. The Morgan fingerprint density at radius 3 is 2.42 bits per heavy atom. The smallest absolute Gasteiger partial charge is 0.239 e. The van der Waals surface area contributed by atoms with Crippen LogP contribution >= 0.6 is 0 Å². The van der Waals surface area contributed by atoms with Crippen molar-refractivity contribution in [2.24, 2.45) is 23.5 Å². The number of likely N-dealkylation sites (tertiary alicyclic amines) is 1. The molecule has 138 valence electrons. The Morgan fingerprint density at radius 2 is 1.67 bits per heavy atom. The second kappa shape index (κ2) is 9.19. The molecule has 1 saturated carbocycles. The topological polar surface area (TPSA) is 55.6 Å². The van der Waals surface area contributed by atoms with E-state index in [4.69, 9.17) is 10.5 Å². The fraction of sp³-hybridized carbons (Fsp3) is 0.950. The highest BCUT2D eigenvalue weighted by atomic mass is 16.5. The zero-order chi connectivity index (χ0) is 16.8. The van der Waals surface area contributed by atoms with Gasteiger partial charge >= 0.3 is 0 Å². The maximum atomic E-state index is 12.9. The molecule has 0 aromatic carbocycles. The van der Waals surface area contributed by atoms with Gasteiger partial charge in [0.1, 0.15) is 0 Å². The first-order valence-electron chi connectivity index (χ1n) is 10.4. The highest BCUT2D eigenvalue weighted by Crippen LogP contribution is 2.31. The van der Waals surface area contributed by atoms with Crippen LogP contribution in [0.25, 0.3) is 0 Å². The molecule has 1 aliphatic carbocycles. The molecular weight excluding hydrogens is 300 g/mol. The summed E-state index contributed by atoms with van der Waals surface area (Å²) in [7, 11) is 0. The van der Waals surface area contributed by atoms with Gasteiger partial charge in [-0.1, -0.05) is 38.5 Å². The lowest BCUT2D eigenvalue weighted by molar-refractivity contribution is -0.133. The van der Waals surface area contributed by atoms with E-state index in [1.807, 2.05) is 0 Å². The summed E-state index contributed by atoms with van der Waals surface area (Å²) in [4.78, 5) is 15.0. The molecule has 24 heavy (non-hydrogen) atoms. The zero-order valence-electron chi connectivity index (χ0n) is 15.3. The largest absolute Gasteiger partial charge is 0.381 e. The van der Waals surface area contributed by atoms with Gasteiger partial charge in [-0.25, -0.2) is 0 Å². The summed E-state index contributed by atoms with van der Waals surface area (Å²) in [6, 6.07) is -0.276. The van der Waals surface area contributed by atoms with E-state index in [0.717, 1.165) is 45.1 Å². The minimum absolute atomic E-state index is 0.222. The van der Waals surface area contributed by atoms with Crippen LogP contribution in [0.2, 0.25) is 0 Å². The quantitative estimate of drug-likeness (QED) is 0.856. The molecule has 0 radical (unpaired) electrons. The van der Waals surface area contributed by atoms with Gasteiger partial charge in [-0.2, -0.15) is 0 Å². The fourth-order valence-electron chi connectivity index (χ4n) is 5.06. The minimum Gasteiger partial charge on any atom is -0.381 e. The van der Waals surface area contributed by atoms with Gasteiger partial charge in [-0.15, -0.1) is 0 Å². The highest BCUT2D eigenvalue weighted by molar-refractivity contribution is 5.81. The van der Waals surface area contributed by atoms with E-state index in [-0.39, 0.29) is 11.9 Å². The van der Waals surface area contributed by atoms with Crippen molar-refractivity contribution >= 4 is 5.91 Å². The molecule has 3 aliphatic rings. The van der Waals surface area contributed by atoms with E-state index in [0.29, 0.717) is 11.8 Å². The van der Waals surface area contributed by atoms with Crippen LogP contribution in [0.1, 0.15) is 70.6 Å². The van der Waals surface area contributed by atoms with Crippen molar-refractivity contribution in [1.82, 2.24) is 4.90 Å². The van der Waals surface area contributed by atoms with Crippen LogP contribution < -0.4 is 5.73 Å². The SMILES string of the molecule is NC(CC1CCCCC1)C(=O)N1CCCCC(C2CCOCC2)C1. The Bertz CT molecular complexity index is 389. The van der Waals surface area contributed by atoms with Crippen LogP contribution in [0.5, 0.6) is 0 Å². The first-order chi connectivity index (χ1) is 11.7. The Balaban J connectivity index is 1.53. The van der Waals surface area contributed by atoms with Crippen molar-refractivity contribution in [3.8, 4) is 0 Å². The molecule has 4 heteroatoms. The summed E-state index contributed by atoms with van der Waals surface area (Å²) in [5.74, 6) is 2.29. The molecule has 3 rings (SSSR count). The third-order valence-electron chi connectivity index (χ3n) is 6.58. The van der Waals surface area contributed by atoms with Crippen LogP contribution in [0.3, 0.4) is 0 Å². The molecule has 0 bridgehead atoms. The molecule has 2 unspecified atom stereocenters. The number of nitrogens with two attached hydrogens (primary N) is 1. The molecule has 1 amide bonds. The number of hydrogen-bond donors (Lipinski definition) is 1. The number of nitrogens with zero attached hydrogens (tertiary/aromatic N) is 1. The summed E-state index contributed by atoms with van der Waals surface area (Å²) >= 11 is 0. The van der Waals surface area contributed by atoms with Crippen LogP contribution in [0.15, 0.2) is 0 Å². The zero-order valence-corrected chi connectivity index (χ0v) is 15.3. The summed E-state index contributed by atoms with van der Waals surface area (Å²) in [6.45, 7) is 3.64. The van der Waals surface area contributed by atoms with E-state index in [1.54, 1.807) is 0 Å². The second-order valence-electron chi connectivity index (χ2n) is 8.34. The summed E-state index contributed by atoms with van der Waals surface area (Å²) in [6.07, 6.45) is 13.4. The van der Waals surface area contributed by atoms with E-state index in [1.165, 1.54) is 57.8 Å². The Morgan fingerprint density at radius 1 is 0.958 bits per heavy atom. The average molecular weight is 337 g/mol. The first-order valence-corrected chi connectivity index (χ1v) is 10.4. The van der Waals surface area contributed by atoms with Crippen LogP contribution in [0.4, 0.5) is 0 Å². The van der Waals surface area contributed by atoms with Gasteiger partial charge in [-0.3, -0.25) is 4.79 Å². The normalized spacial score (nSPS) is 29.2. The molecule has 0 aromatic rings. The first kappa shape index (κ1) is 18.2. The number of hydrogen-bond acceptors (Lipinski definition) is 3. The minimum atomic E-state index is -0.276. The third kappa shape index (κ3) is 4.95. The highest BCUT2D eigenvalue weighted by Gasteiger charge is 2.31. The van der Waals surface area contributed by atoms with Crippen LogP contribution in [-0.2, 0) is 9.53 Å². The lowest BCUT2D eigenvalue weighted by Gasteiger charge is -2.34. The lowest BCUT2D eigenvalue weighted by Crippen LogP contribution is -2.47. The van der Waals surface area contributed by atoms with Gasteiger partial charge in [0.05, 0.1) is 6.04 Å². The van der Waals surface area contributed by atoms with Crippen molar-refractivity contribution in [2.45, 2.75) is 76.7 Å². The van der Waals surface area contributed by atoms with E-state index < -0.39 is 0 Å². The lowest BCUT2D eigenvalue weighted by atomic mass is 9.83. The molecular formula is C20H36N2O2. The molecule has 2 N–H and O–H groups in total. The monoisotopic (exact) mass is 336 g/mol. The van der Waals surface area contributed by atoms with Crippen molar-refractivity contribution in [1.29, 1.82) is 0 Å². The number of rotatable bonds is 4. The molecule has 4 nitrogen and oxygen atoms in total. The van der Waals surface area contributed by atoms with Crippen molar-refractivity contribution < 1.29 is 9.53 Å². The molecule has 0 aromatic heterocycles. The number of amides is 1. The van der Waals surface area contributed by atoms with Crippen molar-refractivity contribution in [2.75, 3.05) is 26.3 Å². The van der Waals surface area contributed by atoms with E-state index in [2.05, 4.69) is 4.90 Å². The maximum absolute atomic E-state index is 12.9. The molecule has 0 spiro atoms. The Hall–Kier alpha value is -0.610. The fourth-order valence-corrected chi connectivity index (χ4v) is 5.06. The number of carbonyl (C=O) groups is 1. The van der Waals surface area contributed by atoms with E-state index in [9.17, 15) is 4.79 Å². The molecule has 2 atom stereocenters. The number of ether oxygens (including phenoxy) is 1. The van der Waals surface area contributed by atoms with Gasteiger partial charge in [0, 0.05) is 26.3 Å². The van der Waals surface area contributed by atoms with Crippen LogP contribution in [-0.4, -0.2) is 43.2 Å². The number of carbonyl (C=O) groups excluding carboxylic acids is 1. The average Bonchev–Trinajstić information content (AvgIpc) is 2.89. The maximum Gasteiger partial charge on any atom is 0.239 e. The third-order valence-corrected chi connectivity index (χ3v) is 6.58. The summed E-state index contributed by atoms with van der Waals surface area (Å²) in [5.41, 5.74) is 6.34. The predicted molar refractivity (Wildman–Crippen MR) is 96.6 cm³/mol. The predicted octanol–water partition coefficient (Wildman–Crippen LogP) is 3.34. The van der Waals surface area contributed by atoms with Gasteiger partial charge in [0.15, 0.2) is 0 Å². The van der Waals surface area contributed by atoms with Gasteiger partial charge < -0.3 is 15.4 Å². The molecule has 2 saturated heterocycles. The summed E-state index contributed by atoms with van der Waals surface area (Å²) < 4.78 is 5.52. The van der Waals surface area contributed by atoms with Crippen LogP contribution in [0, 0.1) is 17.8 Å². The Labute approximate surface area is 147 Å². The van der Waals surface area contributed by atoms with Gasteiger partial charge in [-0.05, 0) is 49.9 Å². The molecule has 2 aliphatic heterocycles.